The molecule has 0 fully saturated rings. The quantitative estimate of drug-likeness (QED) is 0.876. The molecule has 0 unspecified atom stereocenters. The number of aromatic nitrogens is 2. The number of rotatable bonds is 3. The van der Waals surface area contributed by atoms with Gasteiger partial charge >= 0.3 is 0 Å². The molecule has 0 radical (unpaired) electrons. The van der Waals surface area contributed by atoms with Gasteiger partial charge in [-0.25, -0.2) is 0 Å². The van der Waals surface area contributed by atoms with Crippen LogP contribution in [-0.2, 0) is 13.6 Å². The minimum absolute atomic E-state index is 0.206. The summed E-state index contributed by atoms with van der Waals surface area (Å²) in [6, 6.07) is 7.28. The average Bonchev–Trinajstić information content (AvgIpc) is 2.78. The minimum Gasteiger partial charge on any atom is -0.347 e. The smallest absolute Gasteiger partial charge is 0.268 e. The first-order chi connectivity index (χ1) is 8.70. The van der Waals surface area contributed by atoms with Crippen LogP contribution in [0.3, 0.4) is 0 Å². The van der Waals surface area contributed by atoms with Crippen molar-refractivity contribution in [3.63, 3.8) is 0 Å². The third-order valence-corrected chi connectivity index (χ3v) is 2.54. The highest BCUT2D eigenvalue weighted by Gasteiger charge is 2.11. The summed E-state index contributed by atoms with van der Waals surface area (Å²) in [7, 11) is 1.74. The van der Waals surface area contributed by atoms with Gasteiger partial charge in [-0.05, 0) is 17.7 Å². The summed E-state index contributed by atoms with van der Waals surface area (Å²) < 4.78 is 1.64. The highest BCUT2D eigenvalue weighted by atomic mass is 16.1. The number of nitrogens with zero attached hydrogens (tertiary/aromatic N) is 3. The molecule has 2 rings (SSSR count). The van der Waals surface area contributed by atoms with E-state index in [0.29, 0.717) is 17.8 Å². The second kappa shape index (κ2) is 5.15. The van der Waals surface area contributed by atoms with Crippen LogP contribution in [0.15, 0.2) is 36.8 Å². The van der Waals surface area contributed by atoms with Crippen molar-refractivity contribution >= 4 is 5.91 Å². The lowest BCUT2D eigenvalue weighted by Crippen LogP contribution is -2.24. The molecule has 0 atom stereocenters. The number of nitrogens with one attached hydrogen (secondary N) is 1. The summed E-state index contributed by atoms with van der Waals surface area (Å²) in [4.78, 5) is 15.9. The summed E-state index contributed by atoms with van der Waals surface area (Å²) in [6.07, 6.45) is 5.01. The van der Waals surface area contributed by atoms with Crippen LogP contribution in [0.25, 0.3) is 0 Å². The van der Waals surface area contributed by atoms with Crippen LogP contribution >= 0.6 is 0 Å². The van der Waals surface area contributed by atoms with E-state index >= 15 is 0 Å². The third-order valence-electron chi connectivity index (χ3n) is 2.54. The number of hydrogen-bond acceptors (Lipinski definition) is 3. The number of carbonyl (C=O) groups excluding carboxylic acids is 1. The number of aryl methyl sites for hydroxylation is 1. The number of nitriles is 1. The van der Waals surface area contributed by atoms with Crippen molar-refractivity contribution in [1.82, 2.24) is 14.9 Å². The molecular formula is C13H12N4O. The first-order valence-electron chi connectivity index (χ1n) is 5.44. The Morgan fingerprint density at radius 2 is 2.44 bits per heavy atom. The highest BCUT2D eigenvalue weighted by molar-refractivity contribution is 5.93. The summed E-state index contributed by atoms with van der Waals surface area (Å²) in [5.74, 6) is -0.206. The van der Waals surface area contributed by atoms with E-state index in [-0.39, 0.29) is 5.91 Å². The van der Waals surface area contributed by atoms with Gasteiger partial charge in [0.2, 0.25) is 0 Å². The van der Waals surface area contributed by atoms with Gasteiger partial charge in [-0.1, -0.05) is 6.07 Å². The molecule has 0 bridgehead atoms. The molecule has 0 saturated heterocycles. The maximum absolute atomic E-state index is 11.9. The van der Waals surface area contributed by atoms with E-state index in [9.17, 15) is 4.79 Å². The van der Waals surface area contributed by atoms with Gasteiger partial charge in [0.05, 0.1) is 5.56 Å². The molecule has 2 aromatic heterocycles. The number of amides is 1. The molecule has 2 aromatic rings. The molecule has 0 aliphatic rings. The van der Waals surface area contributed by atoms with Crippen LogP contribution in [0, 0.1) is 11.3 Å². The fourth-order valence-electron chi connectivity index (χ4n) is 1.63. The average molecular weight is 240 g/mol. The molecular weight excluding hydrogens is 228 g/mol. The molecule has 1 amide bonds. The number of pyridine rings is 1. The molecule has 0 saturated carbocycles. The highest BCUT2D eigenvalue weighted by Crippen LogP contribution is 2.06. The fourth-order valence-corrected chi connectivity index (χ4v) is 1.63. The van der Waals surface area contributed by atoms with Crippen LogP contribution < -0.4 is 5.32 Å². The van der Waals surface area contributed by atoms with E-state index in [1.54, 1.807) is 36.3 Å². The van der Waals surface area contributed by atoms with Crippen LogP contribution in [-0.4, -0.2) is 15.5 Å². The van der Waals surface area contributed by atoms with E-state index in [4.69, 9.17) is 5.26 Å². The summed E-state index contributed by atoms with van der Waals surface area (Å²) >= 11 is 0. The Labute approximate surface area is 105 Å². The van der Waals surface area contributed by atoms with Crippen LogP contribution in [0.1, 0.15) is 21.6 Å². The van der Waals surface area contributed by atoms with Gasteiger partial charge in [-0.3, -0.25) is 9.78 Å². The molecule has 0 aromatic carbocycles. The van der Waals surface area contributed by atoms with Crippen molar-refractivity contribution in [3.05, 3.63) is 53.6 Å². The van der Waals surface area contributed by atoms with Gasteiger partial charge in [0, 0.05) is 32.2 Å². The van der Waals surface area contributed by atoms with Crippen molar-refractivity contribution in [2.24, 2.45) is 7.05 Å². The second-order valence-electron chi connectivity index (χ2n) is 3.88. The van der Waals surface area contributed by atoms with Gasteiger partial charge in [-0.15, -0.1) is 0 Å². The van der Waals surface area contributed by atoms with Gasteiger partial charge in [0.15, 0.2) is 0 Å². The van der Waals surface area contributed by atoms with Crippen molar-refractivity contribution in [1.29, 1.82) is 5.26 Å². The molecule has 90 valence electrons. The Morgan fingerprint density at radius 1 is 1.61 bits per heavy atom. The van der Waals surface area contributed by atoms with Crippen molar-refractivity contribution in [2.75, 3.05) is 0 Å². The second-order valence-corrected chi connectivity index (χ2v) is 3.88. The van der Waals surface area contributed by atoms with E-state index in [1.165, 1.54) is 0 Å². The Balaban J connectivity index is 2.04. The fraction of sp³-hybridized carbons (Fsp3) is 0.154. The van der Waals surface area contributed by atoms with Gasteiger partial charge < -0.3 is 9.88 Å². The number of carbonyl (C=O) groups is 1. The standard InChI is InChI=1S/C13H12N4O/c1-17-9-11(6-14)5-12(17)13(18)16-8-10-3-2-4-15-7-10/h2-5,7,9H,8H2,1H3,(H,16,18). The van der Waals surface area contributed by atoms with Crippen LogP contribution in [0.2, 0.25) is 0 Å². The van der Waals surface area contributed by atoms with Crippen molar-refractivity contribution in [2.45, 2.75) is 6.54 Å². The SMILES string of the molecule is Cn1cc(C#N)cc1C(=O)NCc1cccnc1. The Bertz CT molecular complexity index is 595. The normalized spacial score (nSPS) is 9.78. The van der Waals surface area contributed by atoms with Crippen LogP contribution in [0.5, 0.6) is 0 Å². The predicted molar refractivity (Wildman–Crippen MR) is 65.5 cm³/mol. The van der Waals surface area contributed by atoms with E-state index < -0.39 is 0 Å². The van der Waals surface area contributed by atoms with E-state index in [1.807, 2.05) is 18.2 Å². The van der Waals surface area contributed by atoms with Gasteiger partial charge in [-0.2, -0.15) is 5.26 Å². The van der Waals surface area contributed by atoms with Crippen molar-refractivity contribution in [3.8, 4) is 6.07 Å². The van der Waals surface area contributed by atoms with Gasteiger partial charge in [0.25, 0.3) is 5.91 Å². The molecule has 0 aliphatic carbocycles. The Morgan fingerprint density at radius 3 is 3.06 bits per heavy atom. The third kappa shape index (κ3) is 2.55. The molecule has 1 N–H and O–H groups in total. The maximum Gasteiger partial charge on any atom is 0.268 e. The lowest BCUT2D eigenvalue weighted by molar-refractivity contribution is 0.0943. The van der Waals surface area contributed by atoms with E-state index in [0.717, 1.165) is 5.56 Å². The molecule has 0 aliphatic heterocycles. The number of hydrogen-bond donors (Lipinski definition) is 1. The summed E-state index contributed by atoms with van der Waals surface area (Å²) in [5.41, 5.74) is 1.88. The van der Waals surface area contributed by atoms with Crippen LogP contribution in [0.4, 0.5) is 0 Å². The molecule has 0 spiro atoms. The molecule has 5 nitrogen and oxygen atoms in total. The first kappa shape index (κ1) is 11.9. The maximum atomic E-state index is 11.9. The topological polar surface area (TPSA) is 70.7 Å². The lowest BCUT2D eigenvalue weighted by Gasteiger charge is -2.05. The monoisotopic (exact) mass is 240 g/mol. The Kier molecular flexibility index (Phi) is 3.39. The van der Waals surface area contributed by atoms with Crippen molar-refractivity contribution < 1.29 is 4.79 Å². The lowest BCUT2D eigenvalue weighted by atomic mass is 10.2. The summed E-state index contributed by atoms with van der Waals surface area (Å²) in [5, 5.41) is 11.5. The molecule has 2 heterocycles. The molecule has 5 heteroatoms. The summed E-state index contributed by atoms with van der Waals surface area (Å²) in [6.45, 7) is 0.416. The predicted octanol–water partition coefficient (Wildman–Crippen LogP) is 1.22. The zero-order chi connectivity index (χ0) is 13.0. The van der Waals surface area contributed by atoms with Gasteiger partial charge in [0.1, 0.15) is 11.8 Å². The zero-order valence-electron chi connectivity index (χ0n) is 9.92. The minimum atomic E-state index is -0.206. The largest absolute Gasteiger partial charge is 0.347 e. The molecule has 18 heavy (non-hydrogen) atoms. The Hall–Kier alpha value is -2.61. The first-order valence-corrected chi connectivity index (χ1v) is 5.44. The van der Waals surface area contributed by atoms with E-state index in [2.05, 4.69) is 10.3 Å². The zero-order valence-corrected chi connectivity index (χ0v) is 9.92.